The highest BCUT2D eigenvalue weighted by Gasteiger charge is 2.32. The van der Waals surface area contributed by atoms with Gasteiger partial charge in [-0.3, -0.25) is 4.79 Å². The highest BCUT2D eigenvalue weighted by molar-refractivity contribution is 5.92. The van der Waals surface area contributed by atoms with Crippen LogP contribution in [0.5, 0.6) is 0 Å². The predicted molar refractivity (Wildman–Crippen MR) is 107 cm³/mol. The first-order chi connectivity index (χ1) is 14.7. The number of aromatic nitrogens is 3. The van der Waals surface area contributed by atoms with Crippen molar-refractivity contribution < 1.29 is 22.4 Å². The standard InChI is InChI=1S/C22H23F3N4O2/c1-14(2)29-13-26-27-20(29)16-6-4-10-28(12-16)21(30)19-9-8-18(31-19)15-5-3-7-17(11-15)22(23,24)25/h3,5,7-9,11,13-14,16H,4,6,10,12H2,1-2H3. The van der Waals surface area contributed by atoms with Gasteiger partial charge < -0.3 is 13.9 Å². The van der Waals surface area contributed by atoms with Gasteiger partial charge in [-0.05, 0) is 51.0 Å². The fourth-order valence-corrected chi connectivity index (χ4v) is 3.93. The number of hydrogen-bond acceptors (Lipinski definition) is 4. The van der Waals surface area contributed by atoms with Crippen LogP contribution >= 0.6 is 0 Å². The quantitative estimate of drug-likeness (QED) is 0.571. The van der Waals surface area contributed by atoms with Gasteiger partial charge in [0, 0.05) is 30.6 Å². The van der Waals surface area contributed by atoms with Crippen LogP contribution in [0.2, 0.25) is 0 Å². The summed E-state index contributed by atoms with van der Waals surface area (Å²) in [7, 11) is 0. The van der Waals surface area contributed by atoms with Gasteiger partial charge in [0.05, 0.1) is 5.56 Å². The molecule has 4 rings (SSSR count). The third-order valence-electron chi connectivity index (χ3n) is 5.52. The Morgan fingerprint density at radius 1 is 1.23 bits per heavy atom. The molecule has 3 heterocycles. The van der Waals surface area contributed by atoms with Crippen molar-refractivity contribution in [2.75, 3.05) is 13.1 Å². The minimum absolute atomic E-state index is 0.0699. The number of rotatable bonds is 4. The van der Waals surface area contributed by atoms with E-state index < -0.39 is 11.7 Å². The van der Waals surface area contributed by atoms with E-state index >= 15 is 0 Å². The second kappa shape index (κ2) is 8.20. The maximum atomic E-state index is 13.0. The zero-order valence-corrected chi connectivity index (χ0v) is 17.3. The van der Waals surface area contributed by atoms with E-state index in [4.69, 9.17) is 4.42 Å². The Kier molecular flexibility index (Phi) is 5.60. The molecule has 0 bridgehead atoms. The van der Waals surface area contributed by atoms with Crippen LogP contribution in [0.15, 0.2) is 47.1 Å². The molecule has 0 radical (unpaired) electrons. The molecule has 1 unspecified atom stereocenters. The fourth-order valence-electron chi connectivity index (χ4n) is 3.93. The summed E-state index contributed by atoms with van der Waals surface area (Å²) in [6.45, 7) is 5.18. The first kappa shape index (κ1) is 21.1. The third-order valence-corrected chi connectivity index (χ3v) is 5.52. The Hall–Kier alpha value is -3.10. The van der Waals surface area contributed by atoms with Gasteiger partial charge >= 0.3 is 6.18 Å². The minimum atomic E-state index is -4.44. The van der Waals surface area contributed by atoms with Crippen LogP contribution in [0.4, 0.5) is 13.2 Å². The van der Waals surface area contributed by atoms with Gasteiger partial charge in [0.2, 0.25) is 0 Å². The number of likely N-dealkylation sites (tertiary alicyclic amines) is 1. The Balaban J connectivity index is 1.52. The van der Waals surface area contributed by atoms with E-state index in [1.165, 1.54) is 24.3 Å². The number of carbonyl (C=O) groups is 1. The molecule has 1 saturated heterocycles. The lowest BCUT2D eigenvalue weighted by Gasteiger charge is -2.32. The fraction of sp³-hybridized carbons (Fsp3) is 0.409. The molecule has 2 aromatic heterocycles. The first-order valence-corrected chi connectivity index (χ1v) is 10.2. The summed E-state index contributed by atoms with van der Waals surface area (Å²) in [6, 6.07) is 8.12. The van der Waals surface area contributed by atoms with Crippen LogP contribution < -0.4 is 0 Å². The number of hydrogen-bond donors (Lipinski definition) is 0. The third kappa shape index (κ3) is 4.35. The molecule has 1 amide bonds. The molecule has 6 nitrogen and oxygen atoms in total. The molecule has 0 spiro atoms. The maximum Gasteiger partial charge on any atom is 0.416 e. The number of nitrogens with zero attached hydrogens (tertiary/aromatic N) is 4. The SMILES string of the molecule is CC(C)n1cnnc1C1CCCN(C(=O)c2ccc(-c3cccc(C(F)(F)F)c3)o2)C1. The van der Waals surface area contributed by atoms with Crippen molar-refractivity contribution in [3.63, 3.8) is 0 Å². The van der Waals surface area contributed by atoms with Crippen LogP contribution in [0.25, 0.3) is 11.3 Å². The summed E-state index contributed by atoms with van der Waals surface area (Å²) in [5, 5.41) is 8.28. The van der Waals surface area contributed by atoms with Crippen LogP contribution in [0.1, 0.15) is 60.6 Å². The van der Waals surface area contributed by atoms with E-state index in [9.17, 15) is 18.0 Å². The summed E-state index contributed by atoms with van der Waals surface area (Å²) in [5.74, 6) is 0.983. The molecule has 3 aromatic rings. The van der Waals surface area contributed by atoms with Gasteiger partial charge in [-0.1, -0.05) is 12.1 Å². The molecule has 9 heteroatoms. The monoisotopic (exact) mass is 432 g/mol. The van der Waals surface area contributed by atoms with Gasteiger partial charge in [-0.2, -0.15) is 13.2 Å². The van der Waals surface area contributed by atoms with Crippen LogP contribution in [-0.4, -0.2) is 38.7 Å². The van der Waals surface area contributed by atoms with Gasteiger partial charge in [0.25, 0.3) is 5.91 Å². The molecule has 31 heavy (non-hydrogen) atoms. The van der Waals surface area contributed by atoms with Crippen LogP contribution in [-0.2, 0) is 6.18 Å². The largest absolute Gasteiger partial charge is 0.451 e. The summed E-state index contributed by atoms with van der Waals surface area (Å²) in [5.41, 5.74) is -0.488. The summed E-state index contributed by atoms with van der Waals surface area (Å²) >= 11 is 0. The topological polar surface area (TPSA) is 64.2 Å². The zero-order valence-electron chi connectivity index (χ0n) is 17.3. The van der Waals surface area contributed by atoms with Crippen molar-refractivity contribution >= 4 is 5.91 Å². The molecule has 1 fully saturated rings. The Bertz CT molecular complexity index is 1070. The van der Waals surface area contributed by atoms with E-state index in [1.54, 1.807) is 11.2 Å². The molecule has 1 aliphatic heterocycles. The number of alkyl halides is 3. The number of amides is 1. The van der Waals surface area contributed by atoms with Crippen molar-refractivity contribution in [2.45, 2.75) is 44.8 Å². The smallest absolute Gasteiger partial charge is 0.416 e. The van der Waals surface area contributed by atoms with Crippen molar-refractivity contribution in [2.24, 2.45) is 0 Å². The second-order valence-corrected chi connectivity index (χ2v) is 8.02. The average Bonchev–Trinajstić information content (AvgIpc) is 3.43. The number of benzene rings is 1. The normalized spacial score (nSPS) is 17.4. The van der Waals surface area contributed by atoms with Crippen molar-refractivity contribution in [3.8, 4) is 11.3 Å². The molecule has 0 N–H and O–H groups in total. The van der Waals surface area contributed by atoms with E-state index in [0.29, 0.717) is 13.1 Å². The first-order valence-electron chi connectivity index (χ1n) is 10.2. The average molecular weight is 432 g/mol. The molecule has 1 aliphatic rings. The number of furan rings is 1. The Labute approximate surface area is 177 Å². The second-order valence-electron chi connectivity index (χ2n) is 8.02. The van der Waals surface area contributed by atoms with E-state index in [0.717, 1.165) is 30.8 Å². The van der Waals surface area contributed by atoms with E-state index in [2.05, 4.69) is 24.0 Å². The maximum absolute atomic E-state index is 13.0. The molecular formula is C22H23F3N4O2. The molecule has 1 aromatic carbocycles. The Morgan fingerprint density at radius 3 is 2.77 bits per heavy atom. The van der Waals surface area contributed by atoms with Gasteiger partial charge in [0.1, 0.15) is 17.9 Å². The zero-order chi connectivity index (χ0) is 22.2. The lowest BCUT2D eigenvalue weighted by molar-refractivity contribution is -0.137. The minimum Gasteiger partial charge on any atom is -0.451 e. The van der Waals surface area contributed by atoms with Crippen molar-refractivity contribution in [3.05, 3.63) is 59.9 Å². The van der Waals surface area contributed by atoms with Gasteiger partial charge in [0.15, 0.2) is 5.76 Å². The molecule has 164 valence electrons. The van der Waals surface area contributed by atoms with Crippen LogP contribution in [0, 0.1) is 0 Å². The number of carbonyl (C=O) groups excluding carboxylic acids is 1. The summed E-state index contributed by atoms with van der Waals surface area (Å²) in [6.07, 6.45) is -1.01. The van der Waals surface area contributed by atoms with E-state index in [1.807, 2.05) is 4.57 Å². The molecule has 0 aliphatic carbocycles. The van der Waals surface area contributed by atoms with Crippen molar-refractivity contribution in [1.82, 2.24) is 19.7 Å². The molecular weight excluding hydrogens is 409 g/mol. The highest BCUT2D eigenvalue weighted by Crippen LogP contribution is 2.33. The van der Waals surface area contributed by atoms with Gasteiger partial charge in [-0.25, -0.2) is 0 Å². The predicted octanol–water partition coefficient (Wildman–Crippen LogP) is 5.16. The summed E-state index contributed by atoms with van der Waals surface area (Å²) in [4.78, 5) is 14.7. The Morgan fingerprint density at radius 2 is 2.03 bits per heavy atom. The number of piperidine rings is 1. The van der Waals surface area contributed by atoms with Crippen LogP contribution in [0.3, 0.4) is 0 Å². The number of halogens is 3. The van der Waals surface area contributed by atoms with Crippen molar-refractivity contribution in [1.29, 1.82) is 0 Å². The van der Waals surface area contributed by atoms with Gasteiger partial charge in [-0.15, -0.1) is 10.2 Å². The summed E-state index contributed by atoms with van der Waals surface area (Å²) < 4.78 is 46.6. The van der Waals surface area contributed by atoms with E-state index in [-0.39, 0.29) is 35.0 Å². The highest BCUT2D eigenvalue weighted by atomic mass is 19.4. The molecule has 1 atom stereocenters. The molecule has 0 saturated carbocycles. The lowest BCUT2D eigenvalue weighted by atomic mass is 9.96. The lowest BCUT2D eigenvalue weighted by Crippen LogP contribution is -2.39.